The van der Waals surface area contributed by atoms with Gasteiger partial charge in [0.15, 0.2) is 6.61 Å². The van der Waals surface area contributed by atoms with Crippen molar-refractivity contribution < 1.29 is 23.5 Å². The van der Waals surface area contributed by atoms with Crippen molar-refractivity contribution in [3.63, 3.8) is 0 Å². The second kappa shape index (κ2) is 8.01. The van der Waals surface area contributed by atoms with E-state index in [-0.39, 0.29) is 18.0 Å². The molecule has 134 valence electrons. The van der Waals surface area contributed by atoms with Crippen LogP contribution in [0.1, 0.15) is 6.42 Å². The van der Waals surface area contributed by atoms with E-state index in [0.29, 0.717) is 5.69 Å². The van der Waals surface area contributed by atoms with E-state index < -0.39 is 29.6 Å². The second-order valence-electron chi connectivity index (χ2n) is 5.48. The molecule has 1 heterocycles. The number of esters is 1. The Hall–Kier alpha value is -2.87. The van der Waals surface area contributed by atoms with Crippen LogP contribution >= 0.6 is 11.8 Å². The molecule has 0 aliphatic carbocycles. The van der Waals surface area contributed by atoms with Crippen LogP contribution in [0.25, 0.3) is 0 Å². The van der Waals surface area contributed by atoms with Crippen molar-refractivity contribution in [1.82, 2.24) is 0 Å². The molecule has 0 aromatic heterocycles. The van der Waals surface area contributed by atoms with Gasteiger partial charge in [0.1, 0.15) is 5.82 Å². The first-order valence-corrected chi connectivity index (χ1v) is 8.67. The fourth-order valence-corrected chi connectivity index (χ4v) is 3.43. The summed E-state index contributed by atoms with van der Waals surface area (Å²) in [6, 6.07) is 12.9. The molecule has 0 radical (unpaired) electrons. The van der Waals surface area contributed by atoms with Crippen LogP contribution in [0.3, 0.4) is 0 Å². The molecule has 26 heavy (non-hydrogen) atoms. The zero-order valence-corrected chi connectivity index (χ0v) is 14.3. The minimum absolute atomic E-state index is 0.00682. The van der Waals surface area contributed by atoms with Gasteiger partial charge in [-0.25, -0.2) is 4.39 Å². The van der Waals surface area contributed by atoms with Gasteiger partial charge in [-0.3, -0.25) is 14.4 Å². The third-order valence-corrected chi connectivity index (χ3v) is 4.85. The first-order valence-electron chi connectivity index (χ1n) is 7.79. The van der Waals surface area contributed by atoms with Crippen LogP contribution in [0.2, 0.25) is 0 Å². The van der Waals surface area contributed by atoms with Crippen LogP contribution in [-0.4, -0.2) is 29.6 Å². The molecule has 2 N–H and O–H groups in total. The lowest BCUT2D eigenvalue weighted by Crippen LogP contribution is -2.32. The third kappa shape index (κ3) is 4.40. The predicted molar refractivity (Wildman–Crippen MR) is 95.3 cm³/mol. The van der Waals surface area contributed by atoms with Gasteiger partial charge in [-0.1, -0.05) is 24.3 Å². The van der Waals surface area contributed by atoms with Gasteiger partial charge < -0.3 is 15.4 Å². The molecule has 0 saturated heterocycles. The van der Waals surface area contributed by atoms with Gasteiger partial charge in [-0.2, -0.15) is 0 Å². The number of para-hydroxylation sites is 2. The summed E-state index contributed by atoms with van der Waals surface area (Å²) < 4.78 is 18.3. The highest BCUT2D eigenvalue weighted by Crippen LogP contribution is 2.36. The zero-order chi connectivity index (χ0) is 18.5. The molecule has 0 bridgehead atoms. The Balaban J connectivity index is 1.49. The van der Waals surface area contributed by atoms with Crippen LogP contribution in [0.5, 0.6) is 0 Å². The van der Waals surface area contributed by atoms with Crippen molar-refractivity contribution in [3.05, 3.63) is 54.3 Å². The highest BCUT2D eigenvalue weighted by atomic mass is 32.2. The monoisotopic (exact) mass is 374 g/mol. The number of fused-ring (bicyclic) bond motifs is 1. The van der Waals surface area contributed by atoms with Crippen LogP contribution in [0.4, 0.5) is 15.8 Å². The third-order valence-electron chi connectivity index (χ3n) is 3.57. The number of halogens is 1. The molecule has 2 aromatic rings. The van der Waals surface area contributed by atoms with Crippen LogP contribution in [0, 0.1) is 5.82 Å². The maximum atomic E-state index is 13.5. The first kappa shape index (κ1) is 17.9. The Kier molecular flexibility index (Phi) is 5.52. The van der Waals surface area contributed by atoms with Crippen molar-refractivity contribution in [2.24, 2.45) is 0 Å². The van der Waals surface area contributed by atoms with Gasteiger partial charge >= 0.3 is 5.97 Å². The van der Waals surface area contributed by atoms with E-state index in [9.17, 15) is 18.8 Å². The lowest BCUT2D eigenvalue weighted by Gasteiger charge is -2.23. The van der Waals surface area contributed by atoms with E-state index in [0.717, 1.165) is 4.90 Å². The summed E-state index contributed by atoms with van der Waals surface area (Å²) >= 11 is 1.27. The number of hydrogen-bond donors (Lipinski definition) is 2. The quantitative estimate of drug-likeness (QED) is 0.786. The number of carbonyl (C=O) groups is 3. The Morgan fingerprint density at radius 2 is 1.88 bits per heavy atom. The number of hydrogen-bond acceptors (Lipinski definition) is 5. The average Bonchev–Trinajstić information content (AvgIpc) is 2.62. The molecule has 1 atom stereocenters. The maximum absolute atomic E-state index is 13.5. The zero-order valence-electron chi connectivity index (χ0n) is 13.5. The van der Waals surface area contributed by atoms with E-state index >= 15 is 0 Å². The number of ether oxygens (including phenoxy) is 1. The molecule has 0 saturated carbocycles. The van der Waals surface area contributed by atoms with Crippen molar-refractivity contribution in [1.29, 1.82) is 0 Å². The number of thioether (sulfide) groups is 1. The van der Waals surface area contributed by atoms with Crippen molar-refractivity contribution in [3.8, 4) is 0 Å². The normalized spacial score (nSPS) is 15.6. The molecule has 3 rings (SSSR count). The Bertz CT molecular complexity index is 859. The Morgan fingerprint density at radius 1 is 1.15 bits per heavy atom. The summed E-state index contributed by atoms with van der Waals surface area (Å²) in [4.78, 5) is 36.6. The van der Waals surface area contributed by atoms with Crippen molar-refractivity contribution in [2.45, 2.75) is 16.6 Å². The van der Waals surface area contributed by atoms with Crippen LogP contribution < -0.4 is 10.6 Å². The highest BCUT2D eigenvalue weighted by molar-refractivity contribution is 8.01. The number of nitrogens with one attached hydrogen (secondary N) is 2. The number of anilines is 2. The van der Waals surface area contributed by atoms with Gasteiger partial charge in [0.05, 0.1) is 23.0 Å². The summed E-state index contributed by atoms with van der Waals surface area (Å²) in [5, 5.41) is 4.41. The van der Waals surface area contributed by atoms with Gasteiger partial charge in [-0.15, -0.1) is 11.8 Å². The molecule has 1 aliphatic rings. The number of benzene rings is 2. The van der Waals surface area contributed by atoms with Crippen molar-refractivity contribution in [2.75, 3.05) is 17.2 Å². The second-order valence-corrected chi connectivity index (χ2v) is 6.73. The summed E-state index contributed by atoms with van der Waals surface area (Å²) in [5.41, 5.74) is 0.712. The van der Waals surface area contributed by atoms with Crippen molar-refractivity contribution >= 4 is 40.9 Å². The Morgan fingerprint density at radius 3 is 2.69 bits per heavy atom. The SMILES string of the molecule is O=C(COC(=O)C[C@@H]1Sc2ccccc2NC1=O)Nc1ccccc1F. The number of amides is 2. The maximum Gasteiger partial charge on any atom is 0.307 e. The minimum atomic E-state index is -0.680. The standard InChI is InChI=1S/C18H15FN2O4S/c19-11-5-1-2-6-12(11)20-16(22)10-25-17(23)9-15-18(24)21-13-7-3-4-8-14(13)26-15/h1-8,15H,9-10H2,(H,20,22)(H,21,24)/t15-/m0/s1. The van der Waals surface area contributed by atoms with E-state index in [2.05, 4.69) is 10.6 Å². The smallest absolute Gasteiger partial charge is 0.307 e. The van der Waals surface area contributed by atoms with Gasteiger partial charge in [0.25, 0.3) is 5.91 Å². The fourth-order valence-electron chi connectivity index (χ4n) is 2.33. The molecule has 0 fully saturated rings. The molecule has 1 aliphatic heterocycles. The van der Waals surface area contributed by atoms with E-state index in [4.69, 9.17) is 4.74 Å². The van der Waals surface area contributed by atoms with Gasteiger partial charge in [0.2, 0.25) is 5.91 Å². The Labute approximate surface area is 153 Å². The summed E-state index contributed by atoms with van der Waals surface area (Å²) in [5.74, 6) is -2.21. The lowest BCUT2D eigenvalue weighted by atomic mass is 10.2. The fraction of sp³-hybridized carbons (Fsp3) is 0.167. The lowest BCUT2D eigenvalue weighted by molar-refractivity contribution is -0.147. The summed E-state index contributed by atoms with van der Waals surface area (Å²) in [6.07, 6.45) is -0.169. The molecule has 2 aromatic carbocycles. The molecule has 0 unspecified atom stereocenters. The van der Waals surface area contributed by atoms with E-state index in [1.807, 2.05) is 18.2 Å². The van der Waals surface area contributed by atoms with Gasteiger partial charge in [-0.05, 0) is 24.3 Å². The molecular weight excluding hydrogens is 359 g/mol. The molecule has 2 amide bonds. The first-order chi connectivity index (χ1) is 12.5. The predicted octanol–water partition coefficient (Wildman–Crippen LogP) is 2.81. The highest BCUT2D eigenvalue weighted by Gasteiger charge is 2.29. The minimum Gasteiger partial charge on any atom is -0.456 e. The molecule has 6 nitrogen and oxygen atoms in total. The van der Waals surface area contributed by atoms with Crippen LogP contribution in [-0.2, 0) is 19.1 Å². The summed E-state index contributed by atoms with van der Waals surface area (Å²) in [7, 11) is 0. The average molecular weight is 374 g/mol. The molecular formula is C18H15FN2O4S. The van der Waals surface area contributed by atoms with E-state index in [1.165, 1.54) is 30.0 Å². The van der Waals surface area contributed by atoms with Gasteiger partial charge in [0, 0.05) is 4.90 Å². The largest absolute Gasteiger partial charge is 0.456 e. The topological polar surface area (TPSA) is 84.5 Å². The summed E-state index contributed by atoms with van der Waals surface area (Å²) in [6.45, 7) is -0.553. The molecule has 8 heteroatoms. The van der Waals surface area contributed by atoms with Crippen LogP contribution in [0.15, 0.2) is 53.4 Å². The number of rotatable bonds is 5. The number of carbonyl (C=O) groups excluding carboxylic acids is 3. The molecule has 0 spiro atoms. The van der Waals surface area contributed by atoms with E-state index in [1.54, 1.807) is 12.1 Å².